The molecule has 0 atom stereocenters. The predicted octanol–water partition coefficient (Wildman–Crippen LogP) is 3.35. The molecule has 0 aliphatic carbocycles. The van der Waals surface area contributed by atoms with Crippen LogP contribution in [0.5, 0.6) is 5.75 Å². The van der Waals surface area contributed by atoms with Crippen molar-refractivity contribution in [2.24, 2.45) is 10.9 Å². The van der Waals surface area contributed by atoms with Gasteiger partial charge in [-0.1, -0.05) is 17.7 Å². The molecule has 0 fully saturated rings. The van der Waals surface area contributed by atoms with Crippen LogP contribution in [-0.2, 0) is 6.61 Å². The monoisotopic (exact) mass is 278 g/mol. The summed E-state index contributed by atoms with van der Waals surface area (Å²) in [7, 11) is 0. The van der Waals surface area contributed by atoms with E-state index in [9.17, 15) is 4.39 Å². The molecule has 0 saturated carbocycles. The van der Waals surface area contributed by atoms with E-state index in [1.54, 1.807) is 24.4 Å². The van der Waals surface area contributed by atoms with Crippen molar-refractivity contribution in [2.75, 3.05) is 0 Å². The lowest BCUT2D eigenvalue weighted by Crippen LogP contribution is -1.97. The third kappa shape index (κ3) is 3.69. The molecule has 19 heavy (non-hydrogen) atoms. The molecule has 0 aliphatic heterocycles. The van der Waals surface area contributed by atoms with Gasteiger partial charge in [-0.3, -0.25) is 0 Å². The first-order valence-corrected chi connectivity index (χ1v) is 5.97. The number of nitrogens with two attached hydrogens (primary N) is 1. The van der Waals surface area contributed by atoms with E-state index in [4.69, 9.17) is 22.2 Å². The standard InChI is InChI=1S/C14H12ClFN2O/c15-14-7-12(16)4-3-11(14)9-19-13-5-1-10(2-6-13)8-18-17/h1-8H,9,17H2. The quantitative estimate of drug-likeness (QED) is 0.530. The van der Waals surface area contributed by atoms with Gasteiger partial charge in [0.25, 0.3) is 0 Å². The Morgan fingerprint density at radius 3 is 2.58 bits per heavy atom. The van der Waals surface area contributed by atoms with Gasteiger partial charge in [-0.15, -0.1) is 0 Å². The van der Waals surface area contributed by atoms with E-state index in [1.165, 1.54) is 12.1 Å². The van der Waals surface area contributed by atoms with Crippen molar-refractivity contribution in [3.8, 4) is 5.75 Å². The summed E-state index contributed by atoms with van der Waals surface area (Å²) in [4.78, 5) is 0. The van der Waals surface area contributed by atoms with Crippen molar-refractivity contribution >= 4 is 17.8 Å². The molecule has 3 nitrogen and oxygen atoms in total. The molecule has 0 heterocycles. The third-order valence-electron chi connectivity index (χ3n) is 2.51. The molecular weight excluding hydrogens is 267 g/mol. The van der Waals surface area contributed by atoms with E-state index in [2.05, 4.69) is 5.10 Å². The van der Waals surface area contributed by atoms with Crippen molar-refractivity contribution in [2.45, 2.75) is 6.61 Å². The minimum atomic E-state index is -0.362. The zero-order chi connectivity index (χ0) is 13.7. The lowest BCUT2D eigenvalue weighted by atomic mass is 10.2. The second-order valence-corrected chi connectivity index (χ2v) is 4.28. The number of hydrogen-bond donors (Lipinski definition) is 1. The van der Waals surface area contributed by atoms with Gasteiger partial charge in [0.15, 0.2) is 0 Å². The molecule has 0 unspecified atom stereocenters. The van der Waals surface area contributed by atoms with Crippen LogP contribution in [0, 0.1) is 5.82 Å². The van der Waals surface area contributed by atoms with Crippen LogP contribution in [0.15, 0.2) is 47.6 Å². The maximum absolute atomic E-state index is 12.9. The molecule has 0 bridgehead atoms. The number of ether oxygens (including phenoxy) is 1. The number of rotatable bonds is 4. The first-order valence-electron chi connectivity index (χ1n) is 5.59. The highest BCUT2D eigenvalue weighted by Gasteiger charge is 2.03. The zero-order valence-corrected chi connectivity index (χ0v) is 10.8. The van der Waals surface area contributed by atoms with Crippen LogP contribution in [0.1, 0.15) is 11.1 Å². The lowest BCUT2D eigenvalue weighted by molar-refractivity contribution is 0.306. The van der Waals surface area contributed by atoms with Crippen LogP contribution in [0.4, 0.5) is 4.39 Å². The molecule has 5 heteroatoms. The normalized spacial score (nSPS) is 10.8. The number of benzene rings is 2. The van der Waals surface area contributed by atoms with Gasteiger partial charge in [-0.2, -0.15) is 5.10 Å². The fourth-order valence-corrected chi connectivity index (χ4v) is 1.76. The van der Waals surface area contributed by atoms with E-state index in [0.717, 1.165) is 11.1 Å². The Balaban J connectivity index is 2.02. The van der Waals surface area contributed by atoms with Crippen LogP contribution < -0.4 is 10.6 Å². The lowest BCUT2D eigenvalue weighted by Gasteiger charge is -2.08. The van der Waals surface area contributed by atoms with E-state index < -0.39 is 0 Å². The average molecular weight is 279 g/mol. The van der Waals surface area contributed by atoms with E-state index in [1.807, 2.05) is 12.1 Å². The molecule has 2 N–H and O–H groups in total. The van der Waals surface area contributed by atoms with Gasteiger partial charge in [-0.25, -0.2) is 4.39 Å². The van der Waals surface area contributed by atoms with Crippen LogP contribution in [0.3, 0.4) is 0 Å². The van der Waals surface area contributed by atoms with Crippen molar-refractivity contribution in [1.29, 1.82) is 0 Å². The number of hydrogen-bond acceptors (Lipinski definition) is 3. The molecule has 0 radical (unpaired) electrons. The first-order chi connectivity index (χ1) is 9.19. The highest BCUT2D eigenvalue weighted by atomic mass is 35.5. The van der Waals surface area contributed by atoms with Crippen molar-refractivity contribution in [1.82, 2.24) is 0 Å². The molecular formula is C14H12ClFN2O. The zero-order valence-electron chi connectivity index (χ0n) is 10.0. The van der Waals surface area contributed by atoms with Gasteiger partial charge < -0.3 is 10.6 Å². The topological polar surface area (TPSA) is 47.6 Å². The Kier molecular flexibility index (Phi) is 4.36. The molecule has 0 saturated heterocycles. The average Bonchev–Trinajstić information content (AvgIpc) is 2.40. The van der Waals surface area contributed by atoms with Gasteiger partial charge >= 0.3 is 0 Å². The highest BCUT2D eigenvalue weighted by molar-refractivity contribution is 6.31. The molecule has 0 aromatic heterocycles. The van der Waals surface area contributed by atoms with Crippen LogP contribution in [0.25, 0.3) is 0 Å². The summed E-state index contributed by atoms with van der Waals surface area (Å²) in [6.45, 7) is 0.281. The summed E-state index contributed by atoms with van der Waals surface area (Å²) >= 11 is 5.91. The van der Waals surface area contributed by atoms with Crippen molar-refractivity contribution in [3.63, 3.8) is 0 Å². The Morgan fingerprint density at radius 2 is 1.95 bits per heavy atom. The second-order valence-electron chi connectivity index (χ2n) is 3.87. The van der Waals surface area contributed by atoms with Gasteiger partial charge in [-0.05, 0) is 42.0 Å². The minimum absolute atomic E-state index is 0.281. The summed E-state index contributed by atoms with van der Waals surface area (Å²) < 4.78 is 18.4. The summed E-state index contributed by atoms with van der Waals surface area (Å²) in [5.74, 6) is 5.38. The molecule has 2 rings (SSSR count). The molecule has 2 aromatic carbocycles. The van der Waals surface area contributed by atoms with Crippen LogP contribution in [-0.4, -0.2) is 6.21 Å². The summed E-state index contributed by atoms with van der Waals surface area (Å²) in [5, 5.41) is 3.78. The van der Waals surface area contributed by atoms with Crippen LogP contribution in [0.2, 0.25) is 5.02 Å². The van der Waals surface area contributed by atoms with Gasteiger partial charge in [0.1, 0.15) is 18.2 Å². The fourth-order valence-electron chi connectivity index (χ4n) is 1.54. The summed E-state index contributed by atoms with van der Waals surface area (Å²) in [6, 6.07) is 11.5. The van der Waals surface area contributed by atoms with E-state index >= 15 is 0 Å². The Labute approximate surface area is 115 Å². The Morgan fingerprint density at radius 1 is 1.21 bits per heavy atom. The highest BCUT2D eigenvalue weighted by Crippen LogP contribution is 2.20. The summed E-state index contributed by atoms with van der Waals surface area (Å²) in [5.41, 5.74) is 1.62. The molecule has 0 aliphatic rings. The Bertz CT molecular complexity index is 584. The van der Waals surface area contributed by atoms with E-state index in [0.29, 0.717) is 10.8 Å². The maximum Gasteiger partial charge on any atom is 0.124 e. The smallest absolute Gasteiger partial charge is 0.124 e. The van der Waals surface area contributed by atoms with E-state index in [-0.39, 0.29) is 12.4 Å². The SMILES string of the molecule is NN=Cc1ccc(OCc2ccc(F)cc2Cl)cc1. The number of nitrogens with zero attached hydrogens (tertiary/aromatic N) is 1. The minimum Gasteiger partial charge on any atom is -0.489 e. The van der Waals surface area contributed by atoms with Crippen LogP contribution >= 0.6 is 11.6 Å². The third-order valence-corrected chi connectivity index (χ3v) is 2.87. The van der Waals surface area contributed by atoms with Crippen molar-refractivity contribution in [3.05, 3.63) is 64.4 Å². The first kappa shape index (κ1) is 13.4. The summed E-state index contributed by atoms with van der Waals surface area (Å²) in [6.07, 6.45) is 1.54. The predicted molar refractivity (Wildman–Crippen MR) is 74.0 cm³/mol. The van der Waals surface area contributed by atoms with Gasteiger partial charge in [0.05, 0.1) is 11.2 Å². The second kappa shape index (κ2) is 6.20. The molecule has 2 aromatic rings. The largest absolute Gasteiger partial charge is 0.489 e. The van der Waals surface area contributed by atoms with Gasteiger partial charge in [0.2, 0.25) is 0 Å². The Hall–Kier alpha value is -2.07. The molecule has 98 valence electrons. The fraction of sp³-hybridized carbons (Fsp3) is 0.0714. The van der Waals surface area contributed by atoms with Gasteiger partial charge in [0, 0.05) is 5.56 Å². The molecule has 0 amide bonds. The van der Waals surface area contributed by atoms with Crippen molar-refractivity contribution < 1.29 is 9.13 Å². The maximum atomic E-state index is 12.9. The molecule has 0 spiro atoms. The number of hydrazone groups is 1. The number of halogens is 2.